The summed E-state index contributed by atoms with van der Waals surface area (Å²) in [5.41, 5.74) is 1.95. The first kappa shape index (κ1) is 39.2. The molecule has 0 aromatic heterocycles. The van der Waals surface area contributed by atoms with E-state index in [2.05, 4.69) is 13.2 Å². The molecule has 0 radical (unpaired) electrons. The Bertz CT molecular complexity index is 1690. The minimum atomic E-state index is -0.915. The van der Waals surface area contributed by atoms with Crippen molar-refractivity contribution in [1.29, 1.82) is 0 Å². The number of carbonyl (C=O) groups is 6. The van der Waals surface area contributed by atoms with Gasteiger partial charge in [0.2, 0.25) is 0 Å². The lowest BCUT2D eigenvalue weighted by Gasteiger charge is -2.10. The summed E-state index contributed by atoms with van der Waals surface area (Å²) in [6.07, 6.45) is 2.35. The molecule has 0 saturated carbocycles. The van der Waals surface area contributed by atoms with Crippen molar-refractivity contribution in [3.8, 4) is 17.2 Å². The Balaban J connectivity index is 1.40. The summed E-state index contributed by atoms with van der Waals surface area (Å²) in [4.78, 5) is 71.4. The predicted octanol–water partition coefficient (Wildman–Crippen LogP) is 6.69. The number of ether oxygens (including phenoxy) is 7. The predicted molar refractivity (Wildman–Crippen MR) is 182 cm³/mol. The second-order valence-corrected chi connectivity index (χ2v) is 10.7. The van der Waals surface area contributed by atoms with E-state index < -0.39 is 30.2 Å². The van der Waals surface area contributed by atoms with E-state index in [0.717, 1.165) is 12.2 Å². The smallest absolute Gasteiger partial charge is 0.463 e. The van der Waals surface area contributed by atoms with Crippen LogP contribution in [-0.4, -0.2) is 62.4 Å². The fourth-order valence-electron chi connectivity index (χ4n) is 4.18. The molecule has 0 heterocycles. The van der Waals surface area contributed by atoms with Crippen LogP contribution in [0.2, 0.25) is 0 Å². The highest BCUT2D eigenvalue weighted by Gasteiger charge is 2.15. The Morgan fingerprint density at radius 2 is 1.02 bits per heavy atom. The molecule has 3 aromatic rings. The number of unbranched alkanes of at least 4 members (excludes halogenated alkanes) is 2. The van der Waals surface area contributed by atoms with E-state index in [1.54, 1.807) is 25.1 Å². The van der Waals surface area contributed by atoms with E-state index in [1.807, 2.05) is 0 Å². The number of esters is 3. The van der Waals surface area contributed by atoms with E-state index in [9.17, 15) is 28.8 Å². The number of ketones is 1. The van der Waals surface area contributed by atoms with Gasteiger partial charge in [-0.25, -0.2) is 24.0 Å². The normalized spacial score (nSPS) is 10.2. The fourth-order valence-corrected chi connectivity index (χ4v) is 4.18. The quantitative estimate of drug-likeness (QED) is 0.0247. The number of hydrogen-bond acceptors (Lipinski definition) is 13. The summed E-state index contributed by atoms with van der Waals surface area (Å²) >= 11 is 0. The van der Waals surface area contributed by atoms with Gasteiger partial charge in [-0.2, -0.15) is 0 Å². The van der Waals surface area contributed by atoms with Crippen LogP contribution in [0.15, 0.2) is 92.0 Å². The molecule has 0 atom stereocenters. The summed E-state index contributed by atoms with van der Waals surface area (Å²) in [6, 6.07) is 16.8. The van der Waals surface area contributed by atoms with Crippen LogP contribution in [0.1, 0.15) is 57.5 Å². The number of hydrogen-bond donors (Lipinski definition) is 0. The third-order valence-corrected chi connectivity index (χ3v) is 6.81. The van der Waals surface area contributed by atoms with Crippen LogP contribution in [0.5, 0.6) is 17.2 Å². The molecule has 0 aliphatic carbocycles. The summed E-state index contributed by atoms with van der Waals surface area (Å²) in [5.74, 6) is -1.17. The van der Waals surface area contributed by atoms with E-state index in [4.69, 9.17) is 33.2 Å². The van der Waals surface area contributed by atoms with Crippen LogP contribution in [0, 0.1) is 6.92 Å². The standard InChI is InChI=1S/C38H38O13/c1-4-34(40)45-20-6-8-22-47-37(43)49-30-15-11-28(12-16-30)32(39)25-27-10-19-33(26(3)24-27)51-36(42)29-13-17-31(18-14-29)50-38(44)48-23-9-7-21-46-35(41)5-2/h4-5,10-19,24H,1-2,6-9,20-23,25H2,3H3. The van der Waals surface area contributed by atoms with E-state index >= 15 is 0 Å². The van der Waals surface area contributed by atoms with Gasteiger partial charge in [-0.15, -0.1) is 0 Å². The first-order valence-electron chi connectivity index (χ1n) is 15.9. The van der Waals surface area contributed by atoms with Gasteiger partial charge in [-0.05, 0) is 98.3 Å². The molecule has 0 bridgehead atoms. The Labute approximate surface area is 294 Å². The monoisotopic (exact) mass is 702 g/mol. The molecule has 0 aliphatic rings. The molecule has 0 saturated heterocycles. The van der Waals surface area contributed by atoms with Gasteiger partial charge in [-0.3, -0.25) is 4.79 Å². The lowest BCUT2D eigenvalue weighted by Crippen LogP contribution is -2.13. The molecule has 3 rings (SSSR count). The van der Waals surface area contributed by atoms with Crippen molar-refractivity contribution in [2.45, 2.75) is 39.0 Å². The summed E-state index contributed by atoms with van der Waals surface area (Å²) < 4.78 is 35.4. The molecule has 51 heavy (non-hydrogen) atoms. The highest BCUT2D eigenvalue weighted by molar-refractivity contribution is 5.97. The molecular formula is C38H38O13. The second-order valence-electron chi connectivity index (χ2n) is 10.7. The molecule has 268 valence electrons. The van der Waals surface area contributed by atoms with Crippen molar-refractivity contribution >= 4 is 36.0 Å². The number of Topliss-reactive ketones (excluding diaryl/α,β-unsaturated/α-hetero) is 1. The van der Waals surface area contributed by atoms with Crippen molar-refractivity contribution in [3.05, 3.63) is 114 Å². The summed E-state index contributed by atoms with van der Waals surface area (Å²) in [6.45, 7) is 8.88. The van der Waals surface area contributed by atoms with Crippen molar-refractivity contribution < 1.29 is 61.9 Å². The van der Waals surface area contributed by atoms with Crippen molar-refractivity contribution in [2.75, 3.05) is 26.4 Å². The topological polar surface area (TPSA) is 167 Å². The molecular weight excluding hydrogens is 664 g/mol. The number of aryl methyl sites for hydroxylation is 1. The van der Waals surface area contributed by atoms with E-state index in [0.29, 0.717) is 48.1 Å². The Hall–Kier alpha value is -6.24. The van der Waals surface area contributed by atoms with Gasteiger partial charge in [0, 0.05) is 24.1 Å². The molecule has 0 fully saturated rings. The highest BCUT2D eigenvalue weighted by Crippen LogP contribution is 2.23. The second kappa shape index (κ2) is 21.0. The minimum Gasteiger partial charge on any atom is -0.463 e. The maximum Gasteiger partial charge on any atom is 0.513 e. The van der Waals surface area contributed by atoms with Gasteiger partial charge in [0.25, 0.3) is 0 Å². The SMILES string of the molecule is C=CC(=O)OCCCCOC(=O)Oc1ccc(C(=O)Cc2ccc(OC(=O)c3ccc(OC(=O)OCCCCOC(=O)C=C)cc3)c(C)c2)cc1. The Kier molecular flexibility index (Phi) is 16.1. The molecule has 13 heteroatoms. The van der Waals surface area contributed by atoms with E-state index in [1.165, 1.54) is 48.5 Å². The molecule has 0 spiro atoms. The van der Waals surface area contributed by atoms with Gasteiger partial charge in [0.05, 0.1) is 32.0 Å². The first-order chi connectivity index (χ1) is 24.6. The molecule has 0 aliphatic heterocycles. The van der Waals surface area contributed by atoms with Gasteiger partial charge < -0.3 is 33.2 Å². The molecule has 0 amide bonds. The zero-order valence-electron chi connectivity index (χ0n) is 28.1. The average Bonchev–Trinajstić information content (AvgIpc) is 3.12. The number of benzene rings is 3. The Morgan fingerprint density at radius 1 is 0.569 bits per heavy atom. The molecule has 13 nitrogen and oxygen atoms in total. The molecule has 3 aromatic carbocycles. The molecule has 0 N–H and O–H groups in total. The maximum atomic E-state index is 12.9. The van der Waals surface area contributed by atoms with Crippen LogP contribution in [0.3, 0.4) is 0 Å². The van der Waals surface area contributed by atoms with Gasteiger partial charge >= 0.3 is 30.2 Å². The lowest BCUT2D eigenvalue weighted by molar-refractivity contribution is -0.138. The highest BCUT2D eigenvalue weighted by atomic mass is 16.7. The van der Waals surface area contributed by atoms with Crippen LogP contribution >= 0.6 is 0 Å². The van der Waals surface area contributed by atoms with Crippen LogP contribution in [0.4, 0.5) is 9.59 Å². The zero-order chi connectivity index (χ0) is 37.0. The van der Waals surface area contributed by atoms with Crippen molar-refractivity contribution in [3.63, 3.8) is 0 Å². The first-order valence-corrected chi connectivity index (χ1v) is 15.9. The Morgan fingerprint density at radius 3 is 1.47 bits per heavy atom. The van der Waals surface area contributed by atoms with Crippen LogP contribution in [-0.2, 0) is 35.0 Å². The number of carbonyl (C=O) groups excluding carboxylic acids is 6. The minimum absolute atomic E-state index is 0.0754. The van der Waals surface area contributed by atoms with Gasteiger partial charge in [0.15, 0.2) is 5.78 Å². The van der Waals surface area contributed by atoms with Crippen LogP contribution in [0.25, 0.3) is 0 Å². The van der Waals surface area contributed by atoms with Gasteiger partial charge in [0.1, 0.15) is 17.2 Å². The van der Waals surface area contributed by atoms with E-state index in [-0.39, 0.29) is 55.7 Å². The third kappa shape index (κ3) is 14.4. The largest absolute Gasteiger partial charge is 0.513 e. The molecule has 0 unspecified atom stereocenters. The van der Waals surface area contributed by atoms with Crippen LogP contribution < -0.4 is 14.2 Å². The maximum absolute atomic E-state index is 12.9. The van der Waals surface area contributed by atoms with Gasteiger partial charge in [-0.1, -0.05) is 25.3 Å². The zero-order valence-corrected chi connectivity index (χ0v) is 28.1. The number of rotatable bonds is 19. The van der Waals surface area contributed by atoms with Crippen molar-refractivity contribution in [1.82, 2.24) is 0 Å². The summed E-state index contributed by atoms with van der Waals surface area (Å²) in [5, 5.41) is 0. The third-order valence-electron chi connectivity index (χ3n) is 6.81. The average molecular weight is 703 g/mol. The lowest BCUT2D eigenvalue weighted by atomic mass is 10.0. The summed E-state index contributed by atoms with van der Waals surface area (Å²) in [7, 11) is 0. The fraction of sp³-hybridized carbons (Fsp3) is 0.263. The van der Waals surface area contributed by atoms with Crippen molar-refractivity contribution in [2.24, 2.45) is 0 Å².